The third-order valence-electron chi connectivity index (χ3n) is 8.08. The van der Waals surface area contributed by atoms with Gasteiger partial charge in [0.1, 0.15) is 30.4 Å². The number of ketones is 1. The Morgan fingerprint density at radius 1 is 1.07 bits per heavy atom. The van der Waals surface area contributed by atoms with E-state index in [1.807, 2.05) is 26.0 Å². The van der Waals surface area contributed by atoms with Crippen molar-refractivity contribution in [1.29, 1.82) is 0 Å². The molecule has 11 nitrogen and oxygen atoms in total. The van der Waals surface area contributed by atoms with E-state index in [0.717, 1.165) is 28.6 Å². The Hall–Kier alpha value is -4.54. The van der Waals surface area contributed by atoms with Gasteiger partial charge in [-0.25, -0.2) is 19.9 Å². The minimum atomic E-state index is -0.568. The van der Waals surface area contributed by atoms with Gasteiger partial charge in [-0.2, -0.15) is 5.10 Å². The average molecular weight is 539 g/mol. The van der Waals surface area contributed by atoms with E-state index in [1.54, 1.807) is 34.2 Å². The van der Waals surface area contributed by atoms with Crippen molar-refractivity contribution < 1.29 is 14.4 Å². The van der Waals surface area contributed by atoms with Crippen LogP contribution in [0.1, 0.15) is 54.3 Å². The van der Waals surface area contributed by atoms with E-state index in [2.05, 4.69) is 37.3 Å². The first kappa shape index (κ1) is 25.7. The lowest BCUT2D eigenvalue weighted by molar-refractivity contribution is -0.140. The van der Waals surface area contributed by atoms with Gasteiger partial charge in [0.25, 0.3) is 0 Å². The predicted octanol–water partition coefficient (Wildman–Crippen LogP) is 2.80. The van der Waals surface area contributed by atoms with E-state index >= 15 is 0 Å². The highest BCUT2D eigenvalue weighted by atomic mass is 16.2. The van der Waals surface area contributed by atoms with Gasteiger partial charge in [-0.3, -0.25) is 19.1 Å². The van der Waals surface area contributed by atoms with Crippen LogP contribution in [0, 0.1) is 19.3 Å². The van der Waals surface area contributed by atoms with Crippen LogP contribution in [-0.4, -0.2) is 64.3 Å². The number of Topliss-reactive ketones (excluding diaryl/α,β-unsaturated/α-hetero) is 1. The molecule has 204 valence electrons. The molecular formula is C29H30N8O3. The smallest absolute Gasteiger partial charge is 0.245 e. The molecular weight excluding hydrogens is 508 g/mol. The number of piperidine rings is 1. The number of rotatable bonds is 7. The maximum atomic E-state index is 13.8. The zero-order valence-electron chi connectivity index (χ0n) is 22.9. The third kappa shape index (κ3) is 4.51. The second kappa shape index (κ2) is 9.58. The van der Waals surface area contributed by atoms with Gasteiger partial charge in [-0.1, -0.05) is 6.92 Å². The molecule has 2 fully saturated rings. The van der Waals surface area contributed by atoms with Crippen LogP contribution in [-0.2, 0) is 22.7 Å². The van der Waals surface area contributed by atoms with Crippen LogP contribution in [0.4, 0.5) is 0 Å². The lowest BCUT2D eigenvalue weighted by atomic mass is 10.0. The SMILES string of the molecule is CC(=O)c1nn(CC(=O)N2C3C[C@]3(C)C[C@H]2C(=O)NCc2ccncn2)c2c(C)cc(-c3cnc(C)nc3)cc12. The summed E-state index contributed by atoms with van der Waals surface area (Å²) in [6.07, 6.45) is 8.04. The quantitative estimate of drug-likeness (QED) is 0.355. The van der Waals surface area contributed by atoms with Crippen molar-refractivity contribution in [1.82, 2.24) is 39.9 Å². The van der Waals surface area contributed by atoms with Crippen LogP contribution >= 0.6 is 0 Å². The van der Waals surface area contributed by atoms with Gasteiger partial charge < -0.3 is 10.2 Å². The Kier molecular flexibility index (Phi) is 6.16. The molecule has 0 radical (unpaired) electrons. The number of benzene rings is 1. The normalized spacial score (nSPS) is 21.4. The molecule has 1 saturated heterocycles. The van der Waals surface area contributed by atoms with E-state index in [0.29, 0.717) is 29.0 Å². The Morgan fingerprint density at radius 3 is 2.55 bits per heavy atom. The molecule has 1 saturated carbocycles. The first-order valence-electron chi connectivity index (χ1n) is 13.3. The molecule has 2 aliphatic rings. The third-order valence-corrected chi connectivity index (χ3v) is 8.08. The Bertz CT molecular complexity index is 1650. The molecule has 1 N–H and O–H groups in total. The lowest BCUT2D eigenvalue weighted by Crippen LogP contribution is -2.48. The second-order valence-electron chi connectivity index (χ2n) is 11.1. The first-order valence-corrected chi connectivity index (χ1v) is 13.3. The minimum Gasteiger partial charge on any atom is -0.349 e. The molecule has 1 aliphatic heterocycles. The monoisotopic (exact) mass is 538 g/mol. The molecule has 11 heteroatoms. The Balaban J connectivity index is 1.29. The molecule has 2 amide bonds. The highest BCUT2D eigenvalue weighted by molar-refractivity contribution is 6.07. The fraction of sp³-hybridized carbons (Fsp3) is 0.379. The summed E-state index contributed by atoms with van der Waals surface area (Å²) in [5.41, 5.74) is 4.22. The molecule has 0 bridgehead atoms. The summed E-state index contributed by atoms with van der Waals surface area (Å²) >= 11 is 0. The lowest BCUT2D eigenvalue weighted by Gasteiger charge is -2.27. The van der Waals surface area contributed by atoms with Crippen molar-refractivity contribution in [2.24, 2.45) is 5.41 Å². The Labute approximate surface area is 231 Å². The molecule has 1 aromatic carbocycles. The highest BCUT2D eigenvalue weighted by Gasteiger charge is 2.64. The summed E-state index contributed by atoms with van der Waals surface area (Å²) in [5, 5.41) is 8.19. The van der Waals surface area contributed by atoms with Gasteiger partial charge >= 0.3 is 0 Å². The number of aromatic nitrogens is 6. The van der Waals surface area contributed by atoms with Gasteiger partial charge in [0.2, 0.25) is 11.8 Å². The molecule has 40 heavy (non-hydrogen) atoms. The fourth-order valence-corrected chi connectivity index (χ4v) is 5.90. The standard InChI is InChI=1S/C29H30N8O3/c1-16-7-19(20-11-31-18(3)32-12-20)8-22-26(17(2)38)35-36(27(16)22)14-25(39)37-23(9-29(4)10-24(29)37)28(40)33-13-21-5-6-30-15-34-21/h5-8,11-12,15,23-24H,9-10,13-14H2,1-4H3,(H,33,40)/t23-,24?,29-/m0/s1. The van der Waals surface area contributed by atoms with E-state index in [4.69, 9.17) is 0 Å². The van der Waals surface area contributed by atoms with E-state index < -0.39 is 6.04 Å². The number of aryl methyl sites for hydroxylation is 2. The number of fused-ring (bicyclic) bond motifs is 2. The van der Waals surface area contributed by atoms with Crippen molar-refractivity contribution in [3.05, 3.63) is 65.9 Å². The maximum Gasteiger partial charge on any atom is 0.245 e. The van der Waals surface area contributed by atoms with Crippen LogP contribution in [0.2, 0.25) is 0 Å². The molecule has 0 spiro atoms. The summed E-state index contributed by atoms with van der Waals surface area (Å²) in [7, 11) is 0. The summed E-state index contributed by atoms with van der Waals surface area (Å²) in [6, 6.07) is 5.07. The molecule has 6 rings (SSSR count). The summed E-state index contributed by atoms with van der Waals surface area (Å²) in [6.45, 7) is 7.54. The average Bonchev–Trinajstić information content (AvgIpc) is 3.29. The Morgan fingerprint density at radius 2 is 1.85 bits per heavy atom. The predicted molar refractivity (Wildman–Crippen MR) is 146 cm³/mol. The van der Waals surface area contributed by atoms with Gasteiger partial charge in [-0.15, -0.1) is 0 Å². The van der Waals surface area contributed by atoms with Crippen molar-refractivity contribution in [3.63, 3.8) is 0 Å². The molecule has 4 heterocycles. The summed E-state index contributed by atoms with van der Waals surface area (Å²) in [5.74, 6) is 0.0948. The van der Waals surface area contributed by atoms with Crippen LogP contribution in [0.25, 0.3) is 22.0 Å². The van der Waals surface area contributed by atoms with Gasteiger partial charge in [0.15, 0.2) is 5.78 Å². The van der Waals surface area contributed by atoms with Gasteiger partial charge in [0, 0.05) is 42.5 Å². The minimum absolute atomic E-state index is 0.0122. The van der Waals surface area contributed by atoms with Crippen LogP contribution in [0.3, 0.4) is 0 Å². The van der Waals surface area contributed by atoms with Crippen LogP contribution in [0.15, 0.2) is 43.1 Å². The number of carbonyl (C=O) groups excluding carboxylic acids is 3. The van der Waals surface area contributed by atoms with Crippen molar-refractivity contribution in [3.8, 4) is 11.1 Å². The molecule has 4 aromatic rings. The highest BCUT2D eigenvalue weighted by Crippen LogP contribution is 2.59. The number of nitrogens with one attached hydrogen (secondary N) is 1. The molecule has 3 atom stereocenters. The first-order chi connectivity index (χ1) is 19.1. The zero-order chi connectivity index (χ0) is 28.2. The summed E-state index contributed by atoms with van der Waals surface area (Å²) < 4.78 is 1.60. The van der Waals surface area contributed by atoms with Crippen molar-refractivity contribution >= 4 is 28.5 Å². The van der Waals surface area contributed by atoms with Gasteiger partial charge in [0.05, 0.1) is 17.8 Å². The van der Waals surface area contributed by atoms with E-state index in [9.17, 15) is 14.4 Å². The van der Waals surface area contributed by atoms with Crippen LogP contribution < -0.4 is 5.32 Å². The topological polar surface area (TPSA) is 136 Å². The van der Waals surface area contributed by atoms with Crippen LogP contribution in [0.5, 0.6) is 0 Å². The zero-order valence-corrected chi connectivity index (χ0v) is 22.9. The number of hydrogen-bond donors (Lipinski definition) is 1. The number of amides is 2. The summed E-state index contributed by atoms with van der Waals surface area (Å²) in [4.78, 5) is 58.0. The van der Waals surface area contributed by atoms with E-state index in [1.165, 1.54) is 13.3 Å². The van der Waals surface area contributed by atoms with Gasteiger partial charge in [-0.05, 0) is 61.4 Å². The number of likely N-dealkylation sites (tertiary alicyclic amines) is 1. The number of nitrogens with zero attached hydrogens (tertiary/aromatic N) is 7. The van der Waals surface area contributed by atoms with Crippen molar-refractivity contribution in [2.45, 2.75) is 65.7 Å². The maximum absolute atomic E-state index is 13.8. The molecule has 3 aromatic heterocycles. The largest absolute Gasteiger partial charge is 0.349 e. The second-order valence-corrected chi connectivity index (χ2v) is 11.1. The van der Waals surface area contributed by atoms with E-state index in [-0.39, 0.29) is 42.1 Å². The number of carbonyl (C=O) groups is 3. The van der Waals surface area contributed by atoms with Crippen molar-refractivity contribution in [2.75, 3.05) is 0 Å². The molecule has 1 aliphatic carbocycles. The number of hydrogen-bond acceptors (Lipinski definition) is 8. The fourth-order valence-electron chi connectivity index (χ4n) is 5.90. The molecule has 1 unspecified atom stereocenters.